The summed E-state index contributed by atoms with van der Waals surface area (Å²) in [4.78, 5) is 12.7. The smallest absolute Gasteiger partial charge is 0.262 e. The van der Waals surface area contributed by atoms with Crippen molar-refractivity contribution in [1.29, 1.82) is 0 Å². The topological polar surface area (TPSA) is 106 Å². The lowest BCUT2D eigenvalue weighted by molar-refractivity contribution is 0.122. The fourth-order valence-electron chi connectivity index (χ4n) is 3.09. The maximum Gasteiger partial charge on any atom is 0.262 e. The van der Waals surface area contributed by atoms with Gasteiger partial charge in [-0.2, -0.15) is 4.98 Å². The van der Waals surface area contributed by atoms with E-state index in [9.17, 15) is 8.42 Å². The molecule has 3 heterocycles. The molecule has 1 saturated heterocycles. The van der Waals surface area contributed by atoms with Gasteiger partial charge < -0.3 is 24.0 Å². The molecule has 0 saturated carbocycles. The zero-order valence-electron chi connectivity index (χ0n) is 16.3. The Hall–Kier alpha value is -2.79. The Labute approximate surface area is 169 Å². The highest BCUT2D eigenvalue weighted by atomic mass is 32.2. The van der Waals surface area contributed by atoms with Crippen LogP contribution in [0.1, 0.15) is 0 Å². The van der Waals surface area contributed by atoms with Crippen molar-refractivity contribution in [3.05, 3.63) is 24.4 Å². The number of nitrogens with one attached hydrogen (secondary N) is 1. The first-order valence-corrected chi connectivity index (χ1v) is 10.7. The van der Waals surface area contributed by atoms with Gasteiger partial charge in [0, 0.05) is 33.3 Å². The molecule has 0 atom stereocenters. The molecule has 0 amide bonds. The molecule has 1 aromatic heterocycles. The van der Waals surface area contributed by atoms with E-state index >= 15 is 0 Å². The van der Waals surface area contributed by atoms with Crippen LogP contribution in [0.3, 0.4) is 0 Å². The van der Waals surface area contributed by atoms with Gasteiger partial charge in [-0.25, -0.2) is 13.4 Å². The number of hydrogen-bond donors (Lipinski definition) is 1. The average Bonchev–Trinajstić information content (AvgIpc) is 2.74. The fourth-order valence-corrected chi connectivity index (χ4v) is 4.15. The third kappa shape index (κ3) is 4.15. The molecule has 2 aliphatic rings. The van der Waals surface area contributed by atoms with Gasteiger partial charge in [0.15, 0.2) is 17.3 Å². The number of benzene rings is 1. The minimum absolute atomic E-state index is 0.0729. The van der Waals surface area contributed by atoms with Crippen molar-refractivity contribution >= 4 is 27.5 Å². The lowest BCUT2D eigenvalue weighted by atomic mass is 10.3. The molecular formula is C18H23N5O5S. The van der Waals surface area contributed by atoms with E-state index in [0.29, 0.717) is 68.5 Å². The monoisotopic (exact) mass is 421 g/mol. The third-order valence-corrected chi connectivity index (χ3v) is 5.90. The van der Waals surface area contributed by atoms with E-state index in [1.54, 1.807) is 25.1 Å². The molecule has 1 N–H and O–H groups in total. The summed E-state index contributed by atoms with van der Waals surface area (Å²) in [5.41, 5.74) is 0.293. The van der Waals surface area contributed by atoms with E-state index in [2.05, 4.69) is 14.7 Å². The largest absolute Gasteiger partial charge is 0.486 e. The van der Waals surface area contributed by atoms with Gasteiger partial charge in [0.1, 0.15) is 18.9 Å². The number of sulfonamides is 1. The van der Waals surface area contributed by atoms with Crippen LogP contribution in [0.4, 0.5) is 17.5 Å². The van der Waals surface area contributed by atoms with E-state index in [1.807, 2.05) is 4.90 Å². The molecule has 0 radical (unpaired) electrons. The molecule has 29 heavy (non-hydrogen) atoms. The van der Waals surface area contributed by atoms with Crippen LogP contribution < -0.4 is 24.0 Å². The van der Waals surface area contributed by atoms with Crippen LogP contribution in [0, 0.1) is 0 Å². The first kappa shape index (κ1) is 19.5. The Morgan fingerprint density at radius 3 is 2.52 bits per heavy atom. The molecule has 0 aliphatic carbocycles. The highest BCUT2D eigenvalue weighted by Gasteiger charge is 2.23. The maximum atomic E-state index is 12.9. The van der Waals surface area contributed by atoms with Crippen LogP contribution >= 0.6 is 0 Å². The molecule has 2 aliphatic heterocycles. The molecule has 4 rings (SSSR count). The van der Waals surface area contributed by atoms with Crippen molar-refractivity contribution < 1.29 is 22.6 Å². The van der Waals surface area contributed by atoms with Crippen LogP contribution in [0.5, 0.6) is 11.5 Å². The zero-order chi connectivity index (χ0) is 20.4. The summed E-state index contributed by atoms with van der Waals surface area (Å²) < 4.78 is 44.8. The van der Waals surface area contributed by atoms with Gasteiger partial charge >= 0.3 is 0 Å². The Kier molecular flexibility index (Phi) is 5.33. The highest BCUT2D eigenvalue weighted by molar-refractivity contribution is 7.92. The van der Waals surface area contributed by atoms with Gasteiger partial charge in [-0.1, -0.05) is 0 Å². The first-order chi connectivity index (χ1) is 13.9. The maximum absolute atomic E-state index is 12.9. The van der Waals surface area contributed by atoms with Gasteiger partial charge in [-0.3, -0.25) is 4.72 Å². The predicted octanol–water partition coefficient (Wildman–Crippen LogP) is 0.951. The van der Waals surface area contributed by atoms with Crippen LogP contribution in [0.25, 0.3) is 0 Å². The van der Waals surface area contributed by atoms with Crippen LogP contribution in [-0.2, 0) is 14.8 Å². The van der Waals surface area contributed by atoms with E-state index in [1.165, 1.54) is 18.3 Å². The molecule has 2 aromatic rings. The van der Waals surface area contributed by atoms with E-state index in [-0.39, 0.29) is 4.90 Å². The van der Waals surface area contributed by atoms with Gasteiger partial charge in [0.25, 0.3) is 10.0 Å². The molecule has 10 nitrogen and oxygen atoms in total. The number of nitrogens with zero attached hydrogens (tertiary/aromatic N) is 4. The van der Waals surface area contributed by atoms with E-state index in [4.69, 9.17) is 14.2 Å². The number of fused-ring (bicyclic) bond motifs is 1. The van der Waals surface area contributed by atoms with E-state index < -0.39 is 10.0 Å². The van der Waals surface area contributed by atoms with Gasteiger partial charge in [-0.05, 0) is 12.1 Å². The summed E-state index contributed by atoms with van der Waals surface area (Å²) in [6.45, 7) is 3.42. The average molecular weight is 421 g/mol. The predicted molar refractivity (Wildman–Crippen MR) is 108 cm³/mol. The Balaban J connectivity index is 1.62. The summed E-state index contributed by atoms with van der Waals surface area (Å²) in [7, 11) is -0.269. The summed E-state index contributed by atoms with van der Waals surface area (Å²) in [5.74, 6) is 1.95. The molecular weight excluding hydrogens is 398 g/mol. The molecule has 0 unspecified atom stereocenters. The van der Waals surface area contributed by atoms with Crippen LogP contribution in [0.15, 0.2) is 29.3 Å². The van der Waals surface area contributed by atoms with Crippen molar-refractivity contribution in [2.45, 2.75) is 4.90 Å². The highest BCUT2D eigenvalue weighted by Crippen LogP contribution is 2.33. The number of morpholine rings is 1. The number of aromatic nitrogens is 2. The number of anilines is 3. The SMILES string of the molecule is CN(C)c1nc(N2CCOCC2)ncc1NS(=O)(=O)c1ccc2c(c1)OCCO2. The van der Waals surface area contributed by atoms with Crippen molar-refractivity contribution in [2.24, 2.45) is 0 Å². The zero-order valence-corrected chi connectivity index (χ0v) is 17.1. The minimum atomic E-state index is -3.87. The van der Waals surface area contributed by atoms with Gasteiger partial charge in [-0.15, -0.1) is 0 Å². The fraction of sp³-hybridized carbons (Fsp3) is 0.444. The molecule has 156 valence electrons. The van der Waals surface area contributed by atoms with E-state index in [0.717, 1.165) is 0 Å². The summed E-state index contributed by atoms with van der Waals surface area (Å²) in [6, 6.07) is 4.52. The number of ether oxygens (including phenoxy) is 3. The molecule has 0 bridgehead atoms. The Morgan fingerprint density at radius 2 is 1.79 bits per heavy atom. The normalized spacial score (nSPS) is 16.4. The van der Waals surface area contributed by atoms with Crippen LogP contribution in [-0.4, -0.2) is 72.0 Å². The second kappa shape index (κ2) is 7.91. The minimum Gasteiger partial charge on any atom is -0.486 e. The second-order valence-corrected chi connectivity index (χ2v) is 8.49. The summed E-state index contributed by atoms with van der Waals surface area (Å²) >= 11 is 0. The Morgan fingerprint density at radius 1 is 1.07 bits per heavy atom. The quantitative estimate of drug-likeness (QED) is 0.755. The standard InChI is InChI=1S/C18H23N5O5S/c1-22(2)17-14(12-19-18(20-17)23-5-7-26-8-6-23)21-29(24,25)13-3-4-15-16(11-13)28-10-9-27-15/h3-4,11-12,21H,5-10H2,1-2H3. The van der Waals surface area contributed by atoms with Gasteiger partial charge in [0.05, 0.1) is 24.3 Å². The molecule has 11 heteroatoms. The van der Waals surface area contributed by atoms with Crippen molar-refractivity contribution in [3.63, 3.8) is 0 Å². The van der Waals surface area contributed by atoms with Crippen molar-refractivity contribution in [3.8, 4) is 11.5 Å². The molecule has 1 aromatic carbocycles. The summed E-state index contributed by atoms with van der Waals surface area (Å²) in [6.07, 6.45) is 1.49. The van der Waals surface area contributed by atoms with Crippen LogP contribution in [0.2, 0.25) is 0 Å². The summed E-state index contributed by atoms with van der Waals surface area (Å²) in [5, 5.41) is 0. The lowest BCUT2D eigenvalue weighted by Gasteiger charge is -2.28. The lowest BCUT2D eigenvalue weighted by Crippen LogP contribution is -2.37. The Bertz CT molecular complexity index is 992. The molecule has 1 fully saturated rings. The molecule has 0 spiro atoms. The number of hydrogen-bond acceptors (Lipinski definition) is 9. The van der Waals surface area contributed by atoms with Gasteiger partial charge in [0.2, 0.25) is 5.95 Å². The second-order valence-electron chi connectivity index (χ2n) is 6.81. The van der Waals surface area contributed by atoms with Crippen molar-refractivity contribution in [1.82, 2.24) is 9.97 Å². The number of rotatable bonds is 5. The third-order valence-electron chi connectivity index (χ3n) is 4.54. The van der Waals surface area contributed by atoms with Crippen molar-refractivity contribution in [2.75, 3.05) is 68.1 Å². The first-order valence-electron chi connectivity index (χ1n) is 9.23.